The lowest BCUT2D eigenvalue weighted by atomic mass is 9.83. The largest absolute Gasteiger partial charge is 0.460 e. The van der Waals surface area contributed by atoms with Crippen molar-refractivity contribution in [3.63, 3.8) is 0 Å². The van der Waals surface area contributed by atoms with Crippen molar-refractivity contribution < 1.29 is 9.21 Å². The third-order valence-electron chi connectivity index (χ3n) is 4.58. The first-order valence-corrected chi connectivity index (χ1v) is 8.16. The molecule has 5 nitrogen and oxygen atoms in total. The number of rotatable bonds is 2. The molecule has 3 aromatic rings. The summed E-state index contributed by atoms with van der Waals surface area (Å²) < 4.78 is 5.67. The van der Waals surface area contributed by atoms with Crippen LogP contribution in [0.4, 0.5) is 0 Å². The number of carbonyl (C=O) groups excluding carboxylic acids is 1. The van der Waals surface area contributed by atoms with Crippen molar-refractivity contribution in [1.82, 2.24) is 9.88 Å². The van der Waals surface area contributed by atoms with Crippen LogP contribution >= 0.6 is 0 Å². The van der Waals surface area contributed by atoms with E-state index in [0.717, 1.165) is 16.7 Å². The minimum Gasteiger partial charge on any atom is -0.460 e. The Balaban J connectivity index is 1.80. The van der Waals surface area contributed by atoms with Crippen molar-refractivity contribution in [3.8, 4) is 17.5 Å². The highest BCUT2D eigenvalue weighted by Crippen LogP contribution is 2.33. The van der Waals surface area contributed by atoms with E-state index >= 15 is 0 Å². The number of hydrogen-bond acceptors (Lipinski definition) is 4. The van der Waals surface area contributed by atoms with Gasteiger partial charge in [-0.25, -0.2) is 4.98 Å². The minimum absolute atomic E-state index is 0.0733. The molecule has 1 aliphatic heterocycles. The van der Waals surface area contributed by atoms with Crippen LogP contribution in [-0.4, -0.2) is 28.9 Å². The van der Waals surface area contributed by atoms with Crippen molar-refractivity contribution in [2.24, 2.45) is 5.41 Å². The molecule has 0 aliphatic carbocycles. The lowest BCUT2D eigenvalue weighted by Gasteiger charge is -2.43. The Hall–Kier alpha value is -3.13. The highest BCUT2D eigenvalue weighted by molar-refractivity contribution is 6.07. The van der Waals surface area contributed by atoms with Gasteiger partial charge in [-0.3, -0.25) is 4.79 Å². The summed E-state index contributed by atoms with van der Waals surface area (Å²) in [5, 5.41) is 9.98. The second kappa shape index (κ2) is 5.45. The van der Waals surface area contributed by atoms with Crippen LogP contribution in [0.15, 0.2) is 46.9 Å². The van der Waals surface area contributed by atoms with Crippen molar-refractivity contribution >= 4 is 16.8 Å². The van der Waals surface area contributed by atoms with Crippen LogP contribution in [0.2, 0.25) is 0 Å². The first kappa shape index (κ1) is 15.4. The number of hydrogen-bond donors (Lipinski definition) is 0. The number of furan rings is 1. The molecule has 1 amide bonds. The molecule has 5 heteroatoms. The highest BCUT2D eigenvalue weighted by Gasteiger charge is 2.42. The molecule has 0 N–H and O–H groups in total. The van der Waals surface area contributed by atoms with Gasteiger partial charge in [-0.15, -0.1) is 0 Å². The van der Waals surface area contributed by atoms with Crippen molar-refractivity contribution in [2.45, 2.75) is 13.8 Å². The Morgan fingerprint density at radius 2 is 2.04 bits per heavy atom. The molecule has 1 fully saturated rings. The van der Waals surface area contributed by atoms with Gasteiger partial charge in [-0.05, 0) is 38.1 Å². The molecule has 0 saturated carbocycles. The van der Waals surface area contributed by atoms with E-state index in [9.17, 15) is 10.1 Å². The lowest BCUT2D eigenvalue weighted by molar-refractivity contribution is 0.0370. The summed E-state index contributed by atoms with van der Waals surface area (Å²) in [5.41, 5.74) is 1.54. The molecule has 1 aromatic carbocycles. The monoisotopic (exact) mass is 331 g/mol. The van der Waals surface area contributed by atoms with E-state index in [-0.39, 0.29) is 5.91 Å². The number of likely N-dealkylation sites (tertiary alicyclic amines) is 1. The normalized spacial score (nSPS) is 15.6. The zero-order valence-electron chi connectivity index (χ0n) is 14.1. The molecule has 2 aromatic heterocycles. The fourth-order valence-corrected chi connectivity index (χ4v) is 3.23. The fraction of sp³-hybridized carbons (Fsp3) is 0.250. The topological polar surface area (TPSA) is 70.1 Å². The van der Waals surface area contributed by atoms with Crippen LogP contribution in [0.3, 0.4) is 0 Å². The number of amides is 1. The number of para-hydroxylation sites is 1. The van der Waals surface area contributed by atoms with E-state index < -0.39 is 5.41 Å². The first-order chi connectivity index (χ1) is 12.0. The van der Waals surface area contributed by atoms with Gasteiger partial charge in [0, 0.05) is 18.5 Å². The summed E-state index contributed by atoms with van der Waals surface area (Å²) in [4.78, 5) is 19.3. The molecule has 0 radical (unpaired) electrons. The average molecular weight is 331 g/mol. The number of aromatic nitrogens is 1. The number of pyridine rings is 1. The first-order valence-electron chi connectivity index (χ1n) is 8.16. The number of aryl methyl sites for hydroxylation is 1. The zero-order chi connectivity index (χ0) is 17.6. The van der Waals surface area contributed by atoms with E-state index in [0.29, 0.717) is 30.1 Å². The predicted molar refractivity (Wildman–Crippen MR) is 93.8 cm³/mol. The summed E-state index contributed by atoms with van der Waals surface area (Å²) in [6.45, 7) is 4.65. The number of nitriles is 1. The lowest BCUT2D eigenvalue weighted by Crippen LogP contribution is -2.56. The Bertz CT molecular complexity index is 1020. The summed E-state index contributed by atoms with van der Waals surface area (Å²) in [5.74, 6) is 1.36. The van der Waals surface area contributed by atoms with Crippen molar-refractivity contribution in [2.75, 3.05) is 13.1 Å². The van der Waals surface area contributed by atoms with E-state index in [1.165, 1.54) is 0 Å². The van der Waals surface area contributed by atoms with E-state index in [1.807, 2.05) is 50.2 Å². The highest BCUT2D eigenvalue weighted by atomic mass is 16.3. The molecule has 1 saturated heterocycles. The third-order valence-corrected chi connectivity index (χ3v) is 4.58. The Morgan fingerprint density at radius 1 is 1.28 bits per heavy atom. The molecule has 0 spiro atoms. The van der Waals surface area contributed by atoms with E-state index in [4.69, 9.17) is 4.42 Å². The van der Waals surface area contributed by atoms with Crippen LogP contribution in [0, 0.1) is 23.7 Å². The van der Waals surface area contributed by atoms with Gasteiger partial charge >= 0.3 is 0 Å². The standard InChI is InChI=1S/C20H17N3O2/c1-13-7-8-18(25-13)17-9-15(14-5-3-4-6-16(14)22-17)19(24)23-11-20(2,10-21)12-23/h3-9H,11-12H2,1-2H3. The Labute approximate surface area is 145 Å². The summed E-state index contributed by atoms with van der Waals surface area (Å²) in [6, 6.07) is 15.4. The Morgan fingerprint density at radius 3 is 2.72 bits per heavy atom. The Kier molecular flexibility index (Phi) is 3.36. The summed E-state index contributed by atoms with van der Waals surface area (Å²) in [7, 11) is 0. The van der Waals surface area contributed by atoms with Gasteiger partial charge in [0.05, 0.1) is 22.6 Å². The number of fused-ring (bicyclic) bond motifs is 1. The molecule has 4 rings (SSSR count). The van der Waals surface area contributed by atoms with Crippen molar-refractivity contribution in [3.05, 3.63) is 53.8 Å². The van der Waals surface area contributed by atoms with Crippen LogP contribution in [0.5, 0.6) is 0 Å². The number of carbonyl (C=O) groups is 1. The molecule has 1 aliphatic rings. The second-order valence-electron chi connectivity index (χ2n) is 6.82. The number of benzene rings is 1. The van der Waals surface area contributed by atoms with Crippen molar-refractivity contribution in [1.29, 1.82) is 5.26 Å². The zero-order valence-corrected chi connectivity index (χ0v) is 14.1. The molecule has 0 bridgehead atoms. The fourth-order valence-electron chi connectivity index (χ4n) is 3.23. The predicted octanol–water partition coefficient (Wildman–Crippen LogP) is 3.79. The van der Waals surface area contributed by atoms with E-state index in [2.05, 4.69) is 11.1 Å². The maximum absolute atomic E-state index is 13.0. The minimum atomic E-state index is -0.445. The third kappa shape index (κ3) is 2.56. The van der Waals surface area contributed by atoms with Gasteiger partial charge in [0.15, 0.2) is 5.76 Å². The van der Waals surface area contributed by atoms with Gasteiger partial charge in [0.2, 0.25) is 0 Å². The van der Waals surface area contributed by atoms with Crippen LogP contribution in [0.1, 0.15) is 23.0 Å². The maximum Gasteiger partial charge on any atom is 0.254 e. The summed E-state index contributed by atoms with van der Waals surface area (Å²) in [6.07, 6.45) is 0. The average Bonchev–Trinajstić information content (AvgIpc) is 3.04. The van der Waals surface area contributed by atoms with Crippen LogP contribution < -0.4 is 0 Å². The van der Waals surface area contributed by atoms with Gasteiger partial charge in [-0.1, -0.05) is 18.2 Å². The van der Waals surface area contributed by atoms with E-state index in [1.54, 1.807) is 11.0 Å². The molecule has 3 heterocycles. The SMILES string of the molecule is Cc1ccc(-c2cc(C(=O)N3CC(C)(C#N)C3)c3ccccc3n2)o1. The molecule has 124 valence electrons. The maximum atomic E-state index is 13.0. The van der Waals surface area contributed by atoms with Gasteiger partial charge < -0.3 is 9.32 Å². The van der Waals surface area contributed by atoms with Gasteiger partial charge in [-0.2, -0.15) is 5.26 Å². The molecule has 0 atom stereocenters. The molecular formula is C20H17N3O2. The van der Waals surface area contributed by atoms with Gasteiger partial charge in [0.1, 0.15) is 11.5 Å². The van der Waals surface area contributed by atoms with Crippen LogP contribution in [-0.2, 0) is 0 Å². The van der Waals surface area contributed by atoms with Gasteiger partial charge in [0.25, 0.3) is 5.91 Å². The number of nitrogens with zero attached hydrogens (tertiary/aromatic N) is 3. The summed E-state index contributed by atoms with van der Waals surface area (Å²) >= 11 is 0. The smallest absolute Gasteiger partial charge is 0.254 e. The molecule has 0 unspecified atom stereocenters. The molecule has 25 heavy (non-hydrogen) atoms. The second-order valence-corrected chi connectivity index (χ2v) is 6.82. The van der Waals surface area contributed by atoms with Crippen LogP contribution in [0.25, 0.3) is 22.4 Å². The quantitative estimate of drug-likeness (QED) is 0.716. The molecular weight excluding hydrogens is 314 g/mol.